The molecule has 0 aliphatic rings. The zero-order chi connectivity index (χ0) is 19.5. The maximum atomic E-state index is 13.1. The van der Waals surface area contributed by atoms with Gasteiger partial charge in [0, 0.05) is 23.1 Å². The van der Waals surface area contributed by atoms with E-state index in [0.717, 1.165) is 35.1 Å². The summed E-state index contributed by atoms with van der Waals surface area (Å²) in [6, 6.07) is 10.0. The molecule has 0 aromatic heterocycles. The molecule has 2 rings (SSSR count). The molecule has 0 spiro atoms. The Hall–Kier alpha value is -1.67. The summed E-state index contributed by atoms with van der Waals surface area (Å²) in [5.41, 5.74) is 1.85. The van der Waals surface area contributed by atoms with Crippen LogP contribution in [0.1, 0.15) is 17.5 Å². The fourth-order valence-electron chi connectivity index (χ4n) is 2.56. The predicted octanol–water partition coefficient (Wildman–Crippen LogP) is 3.24. The van der Waals surface area contributed by atoms with Crippen LogP contribution < -0.4 is 20.1 Å². The number of ether oxygens (including phenoxy) is 2. The number of halogens is 2. The van der Waals surface area contributed by atoms with E-state index in [-0.39, 0.29) is 12.4 Å². The molecular formula is C20H26BrFN2O3. The molecule has 0 fully saturated rings. The Labute approximate surface area is 168 Å². The highest BCUT2D eigenvalue weighted by atomic mass is 79.9. The lowest BCUT2D eigenvalue weighted by Crippen LogP contribution is -2.24. The number of aliphatic hydroxyl groups is 1. The summed E-state index contributed by atoms with van der Waals surface area (Å²) < 4.78 is 25.5. The summed E-state index contributed by atoms with van der Waals surface area (Å²) in [7, 11) is 1.61. The van der Waals surface area contributed by atoms with Gasteiger partial charge in [0.2, 0.25) is 0 Å². The van der Waals surface area contributed by atoms with Gasteiger partial charge >= 0.3 is 0 Å². The minimum absolute atomic E-state index is 0.152. The van der Waals surface area contributed by atoms with Gasteiger partial charge in [0.25, 0.3) is 0 Å². The second kappa shape index (κ2) is 11.9. The van der Waals surface area contributed by atoms with E-state index >= 15 is 0 Å². The second-order valence-electron chi connectivity index (χ2n) is 5.98. The van der Waals surface area contributed by atoms with Crippen molar-refractivity contribution in [3.63, 3.8) is 0 Å². The van der Waals surface area contributed by atoms with Gasteiger partial charge in [-0.05, 0) is 49.3 Å². The van der Waals surface area contributed by atoms with Crippen LogP contribution in [0.25, 0.3) is 0 Å². The van der Waals surface area contributed by atoms with E-state index in [1.54, 1.807) is 19.2 Å². The van der Waals surface area contributed by atoms with E-state index in [4.69, 9.17) is 14.6 Å². The number of benzene rings is 2. The van der Waals surface area contributed by atoms with Crippen LogP contribution in [0.2, 0.25) is 0 Å². The Morgan fingerprint density at radius 2 is 1.78 bits per heavy atom. The molecule has 27 heavy (non-hydrogen) atoms. The molecule has 148 valence electrons. The van der Waals surface area contributed by atoms with Crippen LogP contribution in [0, 0.1) is 5.82 Å². The van der Waals surface area contributed by atoms with Crippen molar-refractivity contribution in [1.82, 2.24) is 10.6 Å². The normalized spacial score (nSPS) is 10.8. The van der Waals surface area contributed by atoms with Gasteiger partial charge in [-0.2, -0.15) is 0 Å². The Morgan fingerprint density at radius 1 is 1.04 bits per heavy atom. The molecule has 0 unspecified atom stereocenters. The van der Waals surface area contributed by atoms with Gasteiger partial charge in [-0.3, -0.25) is 0 Å². The molecule has 2 aromatic rings. The fraction of sp³-hybridized carbons (Fsp3) is 0.400. The van der Waals surface area contributed by atoms with Crippen LogP contribution in [0.5, 0.6) is 11.5 Å². The molecule has 2 aromatic carbocycles. The van der Waals surface area contributed by atoms with Crippen molar-refractivity contribution in [2.45, 2.75) is 19.6 Å². The van der Waals surface area contributed by atoms with Crippen LogP contribution >= 0.6 is 15.9 Å². The van der Waals surface area contributed by atoms with Gasteiger partial charge < -0.3 is 25.2 Å². The van der Waals surface area contributed by atoms with E-state index in [0.29, 0.717) is 31.2 Å². The van der Waals surface area contributed by atoms with E-state index in [9.17, 15) is 4.39 Å². The van der Waals surface area contributed by atoms with Crippen molar-refractivity contribution >= 4 is 15.9 Å². The number of hydrogen-bond acceptors (Lipinski definition) is 5. The molecule has 0 radical (unpaired) electrons. The first kappa shape index (κ1) is 21.6. The molecule has 0 amide bonds. The Bertz CT molecular complexity index is 698. The van der Waals surface area contributed by atoms with Gasteiger partial charge in [0.1, 0.15) is 12.4 Å². The molecule has 0 heterocycles. The molecule has 0 aliphatic heterocycles. The van der Waals surface area contributed by atoms with Crippen molar-refractivity contribution in [1.29, 1.82) is 0 Å². The first-order valence-corrected chi connectivity index (χ1v) is 9.70. The summed E-state index contributed by atoms with van der Waals surface area (Å²) in [5.74, 6) is 1.06. The first-order valence-electron chi connectivity index (χ1n) is 8.90. The predicted molar refractivity (Wildman–Crippen MR) is 108 cm³/mol. The number of rotatable bonds is 12. The van der Waals surface area contributed by atoms with E-state index in [1.165, 1.54) is 12.1 Å². The zero-order valence-corrected chi connectivity index (χ0v) is 17.0. The van der Waals surface area contributed by atoms with Crippen LogP contribution in [-0.2, 0) is 13.2 Å². The average Bonchev–Trinajstić information content (AvgIpc) is 2.68. The fourth-order valence-corrected chi connectivity index (χ4v) is 3.01. The molecule has 0 saturated heterocycles. The number of nitrogens with one attached hydrogen (secondary N) is 2. The van der Waals surface area contributed by atoms with Crippen molar-refractivity contribution in [2.75, 3.05) is 33.4 Å². The minimum atomic E-state index is -0.267. The topological polar surface area (TPSA) is 62.8 Å². The van der Waals surface area contributed by atoms with E-state index < -0.39 is 0 Å². The van der Waals surface area contributed by atoms with Crippen LogP contribution in [0.3, 0.4) is 0 Å². The molecular weight excluding hydrogens is 415 g/mol. The molecule has 0 aliphatic carbocycles. The largest absolute Gasteiger partial charge is 0.493 e. The highest BCUT2D eigenvalue weighted by Crippen LogP contribution is 2.36. The molecule has 5 nitrogen and oxygen atoms in total. The van der Waals surface area contributed by atoms with Gasteiger partial charge in [0.15, 0.2) is 11.5 Å². The van der Waals surface area contributed by atoms with Gasteiger partial charge in [0.05, 0.1) is 13.7 Å². The van der Waals surface area contributed by atoms with Crippen molar-refractivity contribution < 1.29 is 19.0 Å². The third-order valence-electron chi connectivity index (χ3n) is 3.98. The first-order chi connectivity index (χ1) is 13.2. The third-order valence-corrected chi connectivity index (χ3v) is 4.72. The van der Waals surface area contributed by atoms with Gasteiger partial charge in [-0.1, -0.05) is 28.1 Å². The van der Waals surface area contributed by atoms with Crippen molar-refractivity contribution in [3.8, 4) is 11.5 Å². The monoisotopic (exact) mass is 440 g/mol. The summed E-state index contributed by atoms with van der Waals surface area (Å²) in [5, 5.41) is 15.3. The smallest absolute Gasteiger partial charge is 0.167 e. The SMILES string of the molecule is COc1ccc(Br)c(CNCCCNCCO)c1OCc1ccc(F)cc1. The number of hydrogen-bond donors (Lipinski definition) is 3. The molecule has 0 saturated carbocycles. The average molecular weight is 441 g/mol. The Kier molecular flexibility index (Phi) is 9.55. The molecule has 0 atom stereocenters. The standard InChI is InChI=1S/C20H26BrFN2O3/c1-26-19-8-7-18(21)17(13-24-10-2-9-23-11-12-25)20(19)27-14-15-3-5-16(22)6-4-15/h3-8,23-25H,2,9-14H2,1H3. The van der Waals surface area contributed by atoms with Crippen LogP contribution in [0.4, 0.5) is 4.39 Å². The van der Waals surface area contributed by atoms with Gasteiger partial charge in [-0.25, -0.2) is 4.39 Å². The Balaban J connectivity index is 1.99. The van der Waals surface area contributed by atoms with Crippen molar-refractivity contribution in [3.05, 3.63) is 57.8 Å². The van der Waals surface area contributed by atoms with E-state index in [1.807, 2.05) is 12.1 Å². The number of aliphatic hydroxyl groups excluding tert-OH is 1. The molecule has 7 heteroatoms. The van der Waals surface area contributed by atoms with Crippen molar-refractivity contribution in [2.24, 2.45) is 0 Å². The maximum Gasteiger partial charge on any atom is 0.167 e. The lowest BCUT2D eigenvalue weighted by molar-refractivity contribution is 0.280. The number of methoxy groups -OCH3 is 1. The lowest BCUT2D eigenvalue weighted by Gasteiger charge is -2.17. The molecule has 3 N–H and O–H groups in total. The third kappa shape index (κ3) is 7.10. The van der Waals surface area contributed by atoms with E-state index in [2.05, 4.69) is 26.6 Å². The quantitative estimate of drug-likeness (QED) is 0.442. The minimum Gasteiger partial charge on any atom is -0.493 e. The summed E-state index contributed by atoms with van der Waals surface area (Å²) >= 11 is 3.58. The van der Waals surface area contributed by atoms with Crippen LogP contribution in [-0.4, -0.2) is 38.5 Å². The highest BCUT2D eigenvalue weighted by Gasteiger charge is 2.14. The maximum absolute atomic E-state index is 13.1. The Morgan fingerprint density at radius 3 is 2.48 bits per heavy atom. The lowest BCUT2D eigenvalue weighted by atomic mass is 10.1. The molecule has 0 bridgehead atoms. The summed E-state index contributed by atoms with van der Waals surface area (Å²) in [6.45, 7) is 3.39. The highest BCUT2D eigenvalue weighted by molar-refractivity contribution is 9.10. The zero-order valence-electron chi connectivity index (χ0n) is 15.4. The second-order valence-corrected chi connectivity index (χ2v) is 6.83. The summed E-state index contributed by atoms with van der Waals surface area (Å²) in [4.78, 5) is 0. The van der Waals surface area contributed by atoms with Crippen LogP contribution in [0.15, 0.2) is 40.9 Å². The van der Waals surface area contributed by atoms with Gasteiger partial charge in [-0.15, -0.1) is 0 Å². The summed E-state index contributed by atoms with van der Waals surface area (Å²) in [6.07, 6.45) is 0.952.